The monoisotopic (exact) mass is 324 g/mol. The number of nitrogens with zero attached hydrogens (tertiary/aromatic N) is 4. The minimum absolute atomic E-state index is 0.0795. The van der Waals surface area contributed by atoms with Gasteiger partial charge in [0.05, 0.1) is 38.1 Å². The Morgan fingerprint density at radius 1 is 1.04 bits per heavy atom. The van der Waals surface area contributed by atoms with Gasteiger partial charge >= 0.3 is 0 Å². The highest BCUT2D eigenvalue weighted by Gasteiger charge is 2.19. The van der Waals surface area contributed by atoms with E-state index in [4.69, 9.17) is 20.0 Å². The average Bonchev–Trinajstić information content (AvgIpc) is 2.54. The van der Waals surface area contributed by atoms with E-state index >= 15 is 0 Å². The molecule has 0 heterocycles. The number of nitriles is 2. The van der Waals surface area contributed by atoms with Crippen LogP contribution in [0.3, 0.4) is 0 Å². The Morgan fingerprint density at radius 2 is 1.57 bits per heavy atom. The number of carbonyl (C=O) groups excluding carboxylic acids is 1. The Morgan fingerprint density at radius 3 is 1.96 bits per heavy atom. The number of amides is 1. The van der Waals surface area contributed by atoms with E-state index in [2.05, 4.69) is 0 Å². The van der Waals surface area contributed by atoms with E-state index in [1.165, 1.54) is 0 Å². The van der Waals surface area contributed by atoms with Crippen LogP contribution in [0.15, 0.2) is 0 Å². The van der Waals surface area contributed by atoms with Crippen LogP contribution in [-0.2, 0) is 14.3 Å². The maximum Gasteiger partial charge on any atom is 0.236 e. The van der Waals surface area contributed by atoms with Crippen molar-refractivity contribution in [3.63, 3.8) is 0 Å². The Labute approximate surface area is 139 Å². The summed E-state index contributed by atoms with van der Waals surface area (Å²) in [5.41, 5.74) is 0. The van der Waals surface area contributed by atoms with Crippen LogP contribution in [0.2, 0.25) is 0 Å². The fourth-order valence-electron chi connectivity index (χ4n) is 2.06. The molecular formula is C16H28N4O3. The molecule has 0 N–H and O–H groups in total. The molecule has 0 atom stereocenters. The summed E-state index contributed by atoms with van der Waals surface area (Å²) in [7, 11) is 0. The van der Waals surface area contributed by atoms with E-state index in [0.717, 1.165) is 0 Å². The van der Waals surface area contributed by atoms with Crippen molar-refractivity contribution in [1.29, 1.82) is 10.5 Å². The van der Waals surface area contributed by atoms with Gasteiger partial charge in [0.25, 0.3) is 0 Å². The van der Waals surface area contributed by atoms with Gasteiger partial charge in [0.15, 0.2) is 6.29 Å². The SMILES string of the molecule is CCOC(CN(CC)CC(=O)N(CCC#N)CCC#N)OCC. The van der Waals surface area contributed by atoms with Gasteiger partial charge in [0.1, 0.15) is 0 Å². The molecule has 0 aliphatic carbocycles. The molecule has 0 aliphatic heterocycles. The lowest BCUT2D eigenvalue weighted by Gasteiger charge is -2.28. The van der Waals surface area contributed by atoms with Gasteiger partial charge in [-0.25, -0.2) is 0 Å². The van der Waals surface area contributed by atoms with Gasteiger partial charge in [-0.3, -0.25) is 9.69 Å². The third kappa shape index (κ3) is 9.85. The zero-order chi connectivity index (χ0) is 17.5. The number of ether oxygens (including phenoxy) is 2. The van der Waals surface area contributed by atoms with Crippen molar-refractivity contribution in [2.45, 2.75) is 39.9 Å². The highest BCUT2D eigenvalue weighted by Crippen LogP contribution is 2.03. The Kier molecular flexibility index (Phi) is 12.9. The summed E-state index contributed by atoms with van der Waals surface area (Å²) in [5, 5.41) is 17.4. The quantitative estimate of drug-likeness (QED) is 0.475. The first-order chi connectivity index (χ1) is 11.1. The largest absolute Gasteiger partial charge is 0.352 e. The minimum Gasteiger partial charge on any atom is -0.352 e. The fourth-order valence-corrected chi connectivity index (χ4v) is 2.06. The van der Waals surface area contributed by atoms with Crippen molar-refractivity contribution in [3.05, 3.63) is 0 Å². The van der Waals surface area contributed by atoms with Crippen LogP contribution in [0, 0.1) is 22.7 Å². The molecule has 0 aromatic heterocycles. The number of hydrogen-bond donors (Lipinski definition) is 0. The second-order valence-electron chi connectivity index (χ2n) is 4.86. The van der Waals surface area contributed by atoms with E-state index in [0.29, 0.717) is 39.4 Å². The normalized spacial score (nSPS) is 10.6. The third-order valence-corrected chi connectivity index (χ3v) is 3.26. The molecule has 0 aliphatic rings. The van der Waals surface area contributed by atoms with Crippen molar-refractivity contribution in [2.24, 2.45) is 0 Å². The summed E-state index contributed by atoms with van der Waals surface area (Å²) < 4.78 is 11.0. The summed E-state index contributed by atoms with van der Waals surface area (Å²) in [6.07, 6.45) is 0.178. The zero-order valence-electron chi connectivity index (χ0n) is 14.5. The molecule has 0 bridgehead atoms. The van der Waals surface area contributed by atoms with Crippen LogP contribution in [0.5, 0.6) is 0 Å². The van der Waals surface area contributed by atoms with Crippen LogP contribution in [0.4, 0.5) is 0 Å². The topological polar surface area (TPSA) is 89.6 Å². The number of rotatable bonds is 13. The predicted molar refractivity (Wildman–Crippen MR) is 86.2 cm³/mol. The van der Waals surface area contributed by atoms with Crippen molar-refractivity contribution in [2.75, 3.05) is 45.9 Å². The third-order valence-electron chi connectivity index (χ3n) is 3.26. The summed E-state index contributed by atoms with van der Waals surface area (Å²) in [5.74, 6) is -0.0795. The highest BCUT2D eigenvalue weighted by molar-refractivity contribution is 5.78. The second kappa shape index (κ2) is 14.0. The van der Waals surface area contributed by atoms with Crippen molar-refractivity contribution in [3.8, 4) is 12.1 Å². The van der Waals surface area contributed by atoms with Crippen LogP contribution in [0.25, 0.3) is 0 Å². The van der Waals surface area contributed by atoms with Crippen molar-refractivity contribution < 1.29 is 14.3 Å². The standard InChI is InChI=1S/C16H28N4O3/c1-4-19(14-16(22-5-2)23-6-3)13-15(21)20(11-7-9-17)12-8-10-18/h16H,4-8,11-14H2,1-3H3. The van der Waals surface area contributed by atoms with Gasteiger partial charge in [-0.05, 0) is 20.4 Å². The summed E-state index contributed by atoms with van der Waals surface area (Å²) >= 11 is 0. The highest BCUT2D eigenvalue weighted by atomic mass is 16.7. The lowest BCUT2D eigenvalue weighted by molar-refractivity contribution is -0.151. The van der Waals surface area contributed by atoms with Crippen molar-refractivity contribution in [1.82, 2.24) is 9.80 Å². The van der Waals surface area contributed by atoms with Gasteiger partial charge < -0.3 is 14.4 Å². The van der Waals surface area contributed by atoms with Gasteiger partial charge in [-0.15, -0.1) is 0 Å². The molecule has 0 unspecified atom stereocenters. The summed E-state index contributed by atoms with van der Waals surface area (Å²) in [6, 6.07) is 4.06. The Hall–Kier alpha value is -1.67. The van der Waals surface area contributed by atoms with Crippen LogP contribution in [0.1, 0.15) is 33.6 Å². The molecule has 0 rings (SSSR count). The molecule has 0 fully saturated rings. The molecule has 0 spiro atoms. The molecule has 23 heavy (non-hydrogen) atoms. The lowest BCUT2D eigenvalue weighted by atomic mass is 10.3. The lowest BCUT2D eigenvalue weighted by Crippen LogP contribution is -2.44. The summed E-state index contributed by atoms with van der Waals surface area (Å²) in [4.78, 5) is 15.9. The van der Waals surface area contributed by atoms with Gasteiger partial charge in [0.2, 0.25) is 5.91 Å². The molecule has 0 saturated heterocycles. The number of hydrogen-bond acceptors (Lipinski definition) is 6. The molecule has 0 aromatic carbocycles. The first kappa shape index (κ1) is 21.3. The number of likely N-dealkylation sites (N-methyl/N-ethyl adjacent to an activating group) is 1. The van der Waals surface area contributed by atoms with E-state index < -0.39 is 0 Å². The predicted octanol–water partition coefficient (Wildman–Crippen LogP) is 1.36. The van der Waals surface area contributed by atoms with Crippen LogP contribution < -0.4 is 0 Å². The molecule has 0 saturated carbocycles. The van der Waals surface area contributed by atoms with Gasteiger partial charge in [-0.1, -0.05) is 6.92 Å². The smallest absolute Gasteiger partial charge is 0.236 e. The van der Waals surface area contributed by atoms with Crippen LogP contribution in [-0.4, -0.2) is 67.9 Å². The van der Waals surface area contributed by atoms with E-state index in [1.807, 2.05) is 37.8 Å². The molecule has 7 nitrogen and oxygen atoms in total. The van der Waals surface area contributed by atoms with Crippen molar-refractivity contribution >= 4 is 5.91 Å². The molecule has 130 valence electrons. The summed E-state index contributed by atoms with van der Waals surface area (Å²) in [6.45, 7) is 9.00. The fraction of sp³-hybridized carbons (Fsp3) is 0.812. The van der Waals surface area contributed by atoms with E-state index in [1.54, 1.807) is 4.90 Å². The first-order valence-electron chi connectivity index (χ1n) is 8.10. The first-order valence-corrected chi connectivity index (χ1v) is 8.10. The second-order valence-corrected chi connectivity index (χ2v) is 4.86. The molecule has 7 heteroatoms. The Balaban J connectivity index is 4.62. The van der Waals surface area contributed by atoms with Gasteiger partial charge in [-0.2, -0.15) is 10.5 Å². The number of carbonyl (C=O) groups is 1. The molecule has 1 amide bonds. The maximum absolute atomic E-state index is 12.4. The Bertz CT molecular complexity index is 379. The average molecular weight is 324 g/mol. The van der Waals surface area contributed by atoms with E-state index in [9.17, 15) is 4.79 Å². The molecular weight excluding hydrogens is 296 g/mol. The molecule has 0 aromatic rings. The van der Waals surface area contributed by atoms with Gasteiger partial charge in [0, 0.05) is 26.3 Å². The van der Waals surface area contributed by atoms with E-state index in [-0.39, 0.29) is 31.6 Å². The van der Waals surface area contributed by atoms with Crippen LogP contribution >= 0.6 is 0 Å². The molecule has 0 radical (unpaired) electrons. The maximum atomic E-state index is 12.4. The minimum atomic E-state index is -0.357. The zero-order valence-corrected chi connectivity index (χ0v) is 14.5.